The Bertz CT molecular complexity index is 555. The summed E-state index contributed by atoms with van der Waals surface area (Å²) < 4.78 is 16.1. The van der Waals surface area contributed by atoms with Crippen molar-refractivity contribution in [3.05, 3.63) is 53.1 Å². The molecule has 2 aromatic carbocycles. The molecule has 0 unspecified atom stereocenters. The minimum Gasteiger partial charge on any atom is -0.493 e. The van der Waals surface area contributed by atoms with E-state index < -0.39 is 0 Å². The van der Waals surface area contributed by atoms with Gasteiger partial charge in [-0.2, -0.15) is 0 Å². The fourth-order valence-electron chi connectivity index (χ4n) is 1.69. The summed E-state index contributed by atoms with van der Waals surface area (Å²) in [6.45, 7) is 0.421. The van der Waals surface area contributed by atoms with Crippen molar-refractivity contribution in [2.75, 3.05) is 14.2 Å². The van der Waals surface area contributed by atoms with Crippen LogP contribution in [-0.4, -0.2) is 14.2 Å². The summed E-state index contributed by atoms with van der Waals surface area (Å²) in [6.07, 6.45) is 0. The highest BCUT2D eigenvalue weighted by atomic mass is 35.5. The quantitative estimate of drug-likeness (QED) is 0.829. The highest BCUT2D eigenvalue weighted by molar-refractivity contribution is 6.32. The van der Waals surface area contributed by atoms with Crippen LogP contribution in [0.2, 0.25) is 5.02 Å². The Balaban J connectivity index is 2.10. The summed E-state index contributed by atoms with van der Waals surface area (Å²) in [7, 11) is 3.22. The fourth-order valence-corrected chi connectivity index (χ4v) is 1.88. The van der Waals surface area contributed by atoms with E-state index in [0.717, 1.165) is 5.56 Å². The number of methoxy groups -OCH3 is 2. The van der Waals surface area contributed by atoms with Gasteiger partial charge in [0.2, 0.25) is 0 Å². The second-order valence-electron chi connectivity index (χ2n) is 3.91. The first-order valence-electron chi connectivity index (χ1n) is 5.83. The van der Waals surface area contributed by atoms with Crippen LogP contribution < -0.4 is 14.2 Å². The molecular formula is C15H15ClO3. The Kier molecular flexibility index (Phi) is 4.53. The van der Waals surface area contributed by atoms with Crippen LogP contribution in [0.25, 0.3) is 0 Å². The standard InChI is InChI=1S/C15H15ClO3/c1-17-14-8-7-11(9-15(14)18-2)10-19-13-6-4-3-5-12(13)16/h3-9H,10H2,1-2H3. The first-order chi connectivity index (χ1) is 9.24. The molecular weight excluding hydrogens is 264 g/mol. The van der Waals surface area contributed by atoms with Crippen molar-refractivity contribution in [3.63, 3.8) is 0 Å². The zero-order chi connectivity index (χ0) is 13.7. The topological polar surface area (TPSA) is 27.7 Å². The number of rotatable bonds is 5. The molecule has 0 fully saturated rings. The monoisotopic (exact) mass is 278 g/mol. The lowest BCUT2D eigenvalue weighted by atomic mass is 10.2. The third-order valence-electron chi connectivity index (χ3n) is 2.68. The van der Waals surface area contributed by atoms with Crippen LogP contribution in [0.3, 0.4) is 0 Å². The minimum atomic E-state index is 0.421. The molecule has 0 bridgehead atoms. The number of para-hydroxylation sites is 1. The largest absolute Gasteiger partial charge is 0.493 e. The summed E-state index contributed by atoms with van der Waals surface area (Å²) in [5.41, 5.74) is 0.984. The van der Waals surface area contributed by atoms with Crippen molar-refractivity contribution in [1.29, 1.82) is 0 Å². The Morgan fingerprint density at radius 3 is 2.32 bits per heavy atom. The lowest BCUT2D eigenvalue weighted by Gasteiger charge is -2.11. The van der Waals surface area contributed by atoms with Crippen LogP contribution in [0.1, 0.15) is 5.56 Å². The van der Waals surface area contributed by atoms with Gasteiger partial charge < -0.3 is 14.2 Å². The third kappa shape index (κ3) is 3.32. The molecule has 19 heavy (non-hydrogen) atoms. The van der Waals surface area contributed by atoms with Gasteiger partial charge >= 0.3 is 0 Å². The lowest BCUT2D eigenvalue weighted by molar-refractivity contribution is 0.304. The molecule has 0 aliphatic rings. The molecule has 0 heterocycles. The van der Waals surface area contributed by atoms with Crippen molar-refractivity contribution in [1.82, 2.24) is 0 Å². The molecule has 3 nitrogen and oxygen atoms in total. The van der Waals surface area contributed by atoms with Gasteiger partial charge in [-0.15, -0.1) is 0 Å². The van der Waals surface area contributed by atoms with E-state index >= 15 is 0 Å². The summed E-state index contributed by atoms with van der Waals surface area (Å²) in [5.74, 6) is 2.05. The van der Waals surface area contributed by atoms with Gasteiger partial charge in [-0.1, -0.05) is 29.8 Å². The van der Waals surface area contributed by atoms with Crippen LogP contribution in [0.5, 0.6) is 17.2 Å². The maximum absolute atomic E-state index is 6.03. The van der Waals surface area contributed by atoms with Gasteiger partial charge in [0, 0.05) is 0 Å². The van der Waals surface area contributed by atoms with E-state index in [2.05, 4.69) is 0 Å². The van der Waals surface area contributed by atoms with E-state index in [1.54, 1.807) is 20.3 Å². The van der Waals surface area contributed by atoms with Gasteiger partial charge in [0.05, 0.1) is 19.2 Å². The molecule has 4 heteroatoms. The van der Waals surface area contributed by atoms with E-state index in [1.807, 2.05) is 36.4 Å². The summed E-state index contributed by atoms with van der Waals surface area (Å²) in [5, 5.41) is 0.600. The van der Waals surface area contributed by atoms with Gasteiger partial charge in [-0.05, 0) is 29.8 Å². The maximum atomic E-state index is 6.03. The smallest absolute Gasteiger partial charge is 0.161 e. The van der Waals surface area contributed by atoms with Crippen molar-refractivity contribution in [2.24, 2.45) is 0 Å². The zero-order valence-electron chi connectivity index (χ0n) is 10.9. The average Bonchev–Trinajstić information content (AvgIpc) is 2.46. The molecule has 0 aromatic heterocycles. The van der Waals surface area contributed by atoms with Crippen molar-refractivity contribution in [3.8, 4) is 17.2 Å². The van der Waals surface area contributed by atoms with Crippen LogP contribution in [-0.2, 0) is 6.61 Å². The van der Waals surface area contributed by atoms with Crippen LogP contribution in [0.15, 0.2) is 42.5 Å². The Morgan fingerprint density at radius 1 is 0.895 bits per heavy atom. The van der Waals surface area contributed by atoms with Gasteiger partial charge in [-0.3, -0.25) is 0 Å². The molecule has 2 aromatic rings. The van der Waals surface area contributed by atoms with E-state index in [9.17, 15) is 0 Å². The molecule has 0 N–H and O–H groups in total. The Morgan fingerprint density at radius 2 is 1.63 bits per heavy atom. The molecule has 2 rings (SSSR count). The molecule has 0 amide bonds. The molecule has 0 aliphatic carbocycles. The molecule has 0 saturated carbocycles. The Labute approximate surface area is 117 Å². The number of benzene rings is 2. The average molecular weight is 279 g/mol. The van der Waals surface area contributed by atoms with Gasteiger partial charge in [0.25, 0.3) is 0 Å². The van der Waals surface area contributed by atoms with Crippen molar-refractivity contribution >= 4 is 11.6 Å². The zero-order valence-corrected chi connectivity index (χ0v) is 11.6. The van der Waals surface area contributed by atoms with E-state index in [0.29, 0.717) is 28.9 Å². The highest BCUT2D eigenvalue weighted by Gasteiger charge is 2.06. The third-order valence-corrected chi connectivity index (χ3v) is 2.99. The van der Waals surface area contributed by atoms with Gasteiger partial charge in [0.15, 0.2) is 11.5 Å². The van der Waals surface area contributed by atoms with Gasteiger partial charge in [-0.25, -0.2) is 0 Å². The molecule has 0 aliphatic heterocycles. The first kappa shape index (κ1) is 13.6. The second-order valence-corrected chi connectivity index (χ2v) is 4.32. The molecule has 0 atom stereocenters. The van der Waals surface area contributed by atoms with Crippen molar-refractivity contribution < 1.29 is 14.2 Å². The number of hydrogen-bond acceptors (Lipinski definition) is 3. The van der Waals surface area contributed by atoms with Crippen molar-refractivity contribution in [2.45, 2.75) is 6.61 Å². The lowest BCUT2D eigenvalue weighted by Crippen LogP contribution is -1.98. The molecule has 0 spiro atoms. The fraction of sp³-hybridized carbons (Fsp3) is 0.200. The van der Waals surface area contributed by atoms with E-state index in [-0.39, 0.29) is 0 Å². The molecule has 100 valence electrons. The molecule has 0 radical (unpaired) electrons. The van der Waals surface area contributed by atoms with E-state index in [1.165, 1.54) is 0 Å². The predicted octanol–water partition coefficient (Wildman–Crippen LogP) is 3.94. The molecule has 0 saturated heterocycles. The SMILES string of the molecule is COc1ccc(COc2ccccc2Cl)cc1OC. The minimum absolute atomic E-state index is 0.421. The first-order valence-corrected chi connectivity index (χ1v) is 6.20. The number of halogens is 1. The highest BCUT2D eigenvalue weighted by Crippen LogP contribution is 2.29. The Hall–Kier alpha value is -1.87. The second kappa shape index (κ2) is 6.34. The summed E-state index contributed by atoms with van der Waals surface area (Å²) in [4.78, 5) is 0. The van der Waals surface area contributed by atoms with Crippen LogP contribution in [0.4, 0.5) is 0 Å². The van der Waals surface area contributed by atoms with Gasteiger partial charge in [0.1, 0.15) is 12.4 Å². The van der Waals surface area contributed by atoms with Crippen LogP contribution in [0, 0.1) is 0 Å². The number of ether oxygens (including phenoxy) is 3. The summed E-state index contributed by atoms with van der Waals surface area (Å²) in [6, 6.07) is 13.0. The van der Waals surface area contributed by atoms with Crippen LogP contribution >= 0.6 is 11.6 Å². The predicted molar refractivity (Wildman–Crippen MR) is 75.3 cm³/mol. The normalized spacial score (nSPS) is 10.1. The summed E-state index contributed by atoms with van der Waals surface area (Å²) >= 11 is 6.03. The number of hydrogen-bond donors (Lipinski definition) is 0. The van der Waals surface area contributed by atoms with E-state index in [4.69, 9.17) is 25.8 Å². The maximum Gasteiger partial charge on any atom is 0.161 e.